The van der Waals surface area contributed by atoms with E-state index in [2.05, 4.69) is 28.3 Å². The van der Waals surface area contributed by atoms with Gasteiger partial charge in [0.25, 0.3) is 0 Å². The average molecular weight is 250 g/mol. The zero-order chi connectivity index (χ0) is 12.8. The normalized spacial score (nSPS) is 18.3. The summed E-state index contributed by atoms with van der Waals surface area (Å²) in [6.45, 7) is 7.00. The van der Waals surface area contributed by atoms with Gasteiger partial charge in [-0.2, -0.15) is 5.10 Å². The van der Waals surface area contributed by atoms with Crippen molar-refractivity contribution < 1.29 is 0 Å². The Labute approximate surface area is 110 Å². The number of hydrogen-bond donors (Lipinski definition) is 1. The molecular formula is C14H26N4. The lowest BCUT2D eigenvalue weighted by atomic mass is 10.0. The number of aryl methyl sites for hydroxylation is 1. The molecule has 1 aliphatic rings. The highest BCUT2D eigenvalue weighted by Crippen LogP contribution is 2.11. The molecule has 0 spiro atoms. The molecule has 0 unspecified atom stereocenters. The van der Waals surface area contributed by atoms with Gasteiger partial charge >= 0.3 is 0 Å². The third-order valence-electron chi connectivity index (χ3n) is 3.91. The maximum absolute atomic E-state index is 4.19. The van der Waals surface area contributed by atoms with Crippen LogP contribution in [0, 0.1) is 0 Å². The molecule has 0 aliphatic carbocycles. The maximum Gasteiger partial charge on any atom is 0.0518 e. The van der Waals surface area contributed by atoms with E-state index in [4.69, 9.17) is 0 Å². The van der Waals surface area contributed by atoms with Crippen molar-refractivity contribution in [3.63, 3.8) is 0 Å². The molecule has 1 aromatic rings. The van der Waals surface area contributed by atoms with Crippen molar-refractivity contribution in [3.05, 3.63) is 18.0 Å². The Kier molecular flexibility index (Phi) is 5.20. The smallest absolute Gasteiger partial charge is 0.0518 e. The lowest BCUT2D eigenvalue weighted by Gasteiger charge is -2.32. The number of aromatic nitrogens is 2. The molecule has 1 aromatic heterocycles. The molecular weight excluding hydrogens is 224 g/mol. The van der Waals surface area contributed by atoms with E-state index in [9.17, 15) is 0 Å². The van der Waals surface area contributed by atoms with Crippen molar-refractivity contribution >= 4 is 0 Å². The van der Waals surface area contributed by atoms with E-state index in [0.29, 0.717) is 6.04 Å². The van der Waals surface area contributed by atoms with Gasteiger partial charge in [0.2, 0.25) is 0 Å². The molecule has 0 aromatic carbocycles. The molecule has 1 aliphatic heterocycles. The van der Waals surface area contributed by atoms with Crippen LogP contribution in [0.4, 0.5) is 0 Å². The Hall–Kier alpha value is -0.870. The zero-order valence-electron chi connectivity index (χ0n) is 11.7. The number of hydrogen-bond acceptors (Lipinski definition) is 3. The Bertz CT molecular complexity index is 339. The first-order chi connectivity index (χ1) is 8.79. The van der Waals surface area contributed by atoms with Gasteiger partial charge in [-0.25, -0.2) is 0 Å². The van der Waals surface area contributed by atoms with Crippen LogP contribution >= 0.6 is 0 Å². The lowest BCUT2D eigenvalue weighted by molar-refractivity contribution is 0.194. The molecule has 0 radical (unpaired) electrons. The minimum Gasteiger partial charge on any atom is -0.308 e. The Morgan fingerprint density at radius 3 is 2.78 bits per heavy atom. The van der Waals surface area contributed by atoms with Crippen LogP contribution in [-0.2, 0) is 13.6 Å². The minimum atomic E-state index is 0.678. The van der Waals surface area contributed by atoms with Crippen molar-refractivity contribution in [2.45, 2.75) is 45.2 Å². The fraction of sp³-hybridized carbons (Fsp3) is 0.786. The van der Waals surface area contributed by atoms with Crippen LogP contribution in [0.25, 0.3) is 0 Å². The van der Waals surface area contributed by atoms with Crippen molar-refractivity contribution in [3.8, 4) is 0 Å². The largest absolute Gasteiger partial charge is 0.308 e. The molecule has 4 heteroatoms. The van der Waals surface area contributed by atoms with Crippen molar-refractivity contribution in [2.75, 3.05) is 19.6 Å². The predicted molar refractivity (Wildman–Crippen MR) is 74.4 cm³/mol. The molecule has 18 heavy (non-hydrogen) atoms. The molecule has 2 heterocycles. The second-order valence-electron chi connectivity index (χ2n) is 5.30. The van der Waals surface area contributed by atoms with E-state index >= 15 is 0 Å². The van der Waals surface area contributed by atoms with Gasteiger partial charge in [0.15, 0.2) is 0 Å². The topological polar surface area (TPSA) is 33.1 Å². The first-order valence-electron chi connectivity index (χ1n) is 7.22. The number of likely N-dealkylation sites (tertiary alicyclic amines) is 1. The highest BCUT2D eigenvalue weighted by Gasteiger charge is 2.18. The number of rotatable bonds is 6. The number of piperidine rings is 1. The molecule has 1 saturated heterocycles. The summed E-state index contributed by atoms with van der Waals surface area (Å²) < 4.78 is 1.95. The molecule has 0 saturated carbocycles. The quantitative estimate of drug-likeness (QED) is 0.835. The fourth-order valence-corrected chi connectivity index (χ4v) is 2.57. The third kappa shape index (κ3) is 3.82. The van der Waals surface area contributed by atoms with Gasteiger partial charge in [0, 0.05) is 25.8 Å². The van der Waals surface area contributed by atoms with E-state index in [1.54, 1.807) is 0 Å². The monoisotopic (exact) mass is 250 g/mol. The van der Waals surface area contributed by atoms with Crippen LogP contribution in [0.2, 0.25) is 0 Å². The Morgan fingerprint density at radius 2 is 2.17 bits per heavy atom. The summed E-state index contributed by atoms with van der Waals surface area (Å²) >= 11 is 0. The first kappa shape index (κ1) is 13.6. The summed E-state index contributed by atoms with van der Waals surface area (Å²) in [4.78, 5) is 2.60. The molecule has 1 fully saturated rings. The van der Waals surface area contributed by atoms with Crippen LogP contribution in [0.5, 0.6) is 0 Å². The summed E-state index contributed by atoms with van der Waals surface area (Å²) in [7, 11) is 2.00. The van der Waals surface area contributed by atoms with Gasteiger partial charge in [-0.3, -0.25) is 4.68 Å². The van der Waals surface area contributed by atoms with E-state index in [1.165, 1.54) is 51.0 Å². The number of nitrogens with zero attached hydrogens (tertiary/aromatic N) is 3. The second kappa shape index (κ2) is 6.90. The summed E-state index contributed by atoms with van der Waals surface area (Å²) in [5.74, 6) is 0. The van der Waals surface area contributed by atoms with Crippen LogP contribution in [0.1, 0.15) is 38.3 Å². The minimum absolute atomic E-state index is 0.678. The Morgan fingerprint density at radius 1 is 1.39 bits per heavy atom. The van der Waals surface area contributed by atoms with Gasteiger partial charge in [0.05, 0.1) is 5.69 Å². The first-order valence-corrected chi connectivity index (χ1v) is 7.22. The van der Waals surface area contributed by atoms with Crippen molar-refractivity contribution in [1.29, 1.82) is 0 Å². The van der Waals surface area contributed by atoms with E-state index < -0.39 is 0 Å². The van der Waals surface area contributed by atoms with Gasteiger partial charge in [0.1, 0.15) is 0 Å². The molecule has 4 nitrogen and oxygen atoms in total. The summed E-state index contributed by atoms with van der Waals surface area (Å²) in [6, 6.07) is 2.77. The van der Waals surface area contributed by atoms with E-state index in [-0.39, 0.29) is 0 Å². The van der Waals surface area contributed by atoms with Crippen LogP contribution in [-0.4, -0.2) is 40.4 Å². The molecule has 0 amide bonds. The van der Waals surface area contributed by atoms with Gasteiger partial charge < -0.3 is 10.2 Å². The lowest BCUT2D eigenvalue weighted by Crippen LogP contribution is -2.42. The number of unbranched alkanes of at least 4 members (excludes halogenated alkanes) is 1. The van der Waals surface area contributed by atoms with Crippen LogP contribution in [0.15, 0.2) is 12.3 Å². The zero-order valence-corrected chi connectivity index (χ0v) is 11.7. The highest BCUT2D eigenvalue weighted by atomic mass is 15.3. The SMILES string of the molecule is CCCCN1CCC(NCc2ccnn2C)CC1. The van der Waals surface area contributed by atoms with Crippen molar-refractivity contribution in [1.82, 2.24) is 20.0 Å². The van der Waals surface area contributed by atoms with Crippen molar-refractivity contribution in [2.24, 2.45) is 7.05 Å². The van der Waals surface area contributed by atoms with Gasteiger partial charge in [-0.05, 0) is 45.0 Å². The van der Waals surface area contributed by atoms with Crippen LogP contribution < -0.4 is 5.32 Å². The molecule has 102 valence electrons. The molecule has 0 bridgehead atoms. The summed E-state index contributed by atoms with van der Waals surface area (Å²) in [5.41, 5.74) is 1.27. The van der Waals surface area contributed by atoms with Gasteiger partial charge in [-0.15, -0.1) is 0 Å². The van der Waals surface area contributed by atoms with Gasteiger partial charge in [-0.1, -0.05) is 13.3 Å². The Balaban J connectivity index is 1.66. The summed E-state index contributed by atoms with van der Waals surface area (Å²) in [5, 5.41) is 7.85. The van der Waals surface area contributed by atoms with E-state index in [0.717, 1.165) is 6.54 Å². The standard InChI is InChI=1S/C14H26N4/c1-3-4-9-18-10-6-13(7-11-18)15-12-14-5-8-16-17(14)2/h5,8,13,15H,3-4,6-7,9-12H2,1-2H3. The molecule has 0 atom stereocenters. The average Bonchev–Trinajstić information content (AvgIpc) is 2.81. The predicted octanol–water partition coefficient (Wildman–Crippen LogP) is 1.77. The van der Waals surface area contributed by atoms with Crippen LogP contribution in [0.3, 0.4) is 0 Å². The fourth-order valence-electron chi connectivity index (χ4n) is 2.57. The van der Waals surface area contributed by atoms with E-state index in [1.807, 2.05) is 17.9 Å². The highest BCUT2D eigenvalue weighted by molar-refractivity contribution is 4.99. The maximum atomic E-state index is 4.19. The molecule has 1 N–H and O–H groups in total. The summed E-state index contributed by atoms with van der Waals surface area (Å²) in [6.07, 6.45) is 7.07. The second-order valence-corrected chi connectivity index (χ2v) is 5.30. The third-order valence-corrected chi connectivity index (χ3v) is 3.91. The molecule has 2 rings (SSSR count). The number of nitrogens with one attached hydrogen (secondary N) is 1.